The fraction of sp³-hybridized carbons (Fsp3) is 0.423. The third-order valence-corrected chi connectivity index (χ3v) is 8.09. The fourth-order valence-electron chi connectivity index (χ4n) is 4.63. The monoisotopic (exact) mass is 589 g/mol. The number of rotatable bonds is 12. The van der Waals surface area contributed by atoms with E-state index >= 15 is 0 Å². The fourth-order valence-corrected chi connectivity index (χ4v) is 5.89. The predicted molar refractivity (Wildman–Crippen MR) is 147 cm³/mol. The SMILES string of the molecule is COCCCOP(=O)(OC[C@H]1OC(n2cnc3c(OC)nc(N)nc32)[C@](C)(O)[C@@H]1O)Oc1cccc2ccccc12. The molecule has 0 bridgehead atoms. The lowest BCUT2D eigenvalue weighted by atomic mass is 9.96. The maximum atomic E-state index is 13.8. The molecule has 1 fully saturated rings. The van der Waals surface area contributed by atoms with E-state index in [2.05, 4.69) is 15.0 Å². The number of ether oxygens (including phenoxy) is 3. The number of benzene rings is 2. The van der Waals surface area contributed by atoms with Gasteiger partial charge in [-0.25, -0.2) is 9.55 Å². The summed E-state index contributed by atoms with van der Waals surface area (Å²) in [5.41, 5.74) is 4.49. The molecular formula is C26H32N5O9P. The lowest BCUT2D eigenvalue weighted by Gasteiger charge is -2.27. The first kappa shape index (κ1) is 29.1. The van der Waals surface area contributed by atoms with E-state index in [1.54, 1.807) is 19.2 Å². The van der Waals surface area contributed by atoms with Gasteiger partial charge in [0.2, 0.25) is 11.8 Å². The smallest absolute Gasteiger partial charge is 0.479 e. The van der Waals surface area contributed by atoms with Gasteiger partial charge in [-0.3, -0.25) is 13.6 Å². The molecule has 4 N–H and O–H groups in total. The zero-order valence-electron chi connectivity index (χ0n) is 22.7. The number of fused-ring (bicyclic) bond motifs is 2. The normalized spacial score (nSPS) is 24.1. The first-order chi connectivity index (χ1) is 19.7. The lowest BCUT2D eigenvalue weighted by Crippen LogP contribution is -2.44. The molecule has 5 rings (SSSR count). The molecule has 2 aromatic carbocycles. The lowest BCUT2D eigenvalue weighted by molar-refractivity contribution is -0.0949. The number of nitrogen functional groups attached to an aromatic ring is 1. The number of hydrogen-bond donors (Lipinski definition) is 3. The van der Waals surface area contributed by atoms with Gasteiger partial charge in [0.05, 0.1) is 26.7 Å². The van der Waals surface area contributed by atoms with Crippen molar-refractivity contribution < 1.29 is 42.6 Å². The van der Waals surface area contributed by atoms with Gasteiger partial charge in [0.15, 0.2) is 17.4 Å². The molecule has 4 aromatic rings. The first-order valence-electron chi connectivity index (χ1n) is 12.8. The summed E-state index contributed by atoms with van der Waals surface area (Å²) in [5.74, 6) is 0.361. The molecule has 14 nitrogen and oxygen atoms in total. The molecule has 0 aliphatic carbocycles. The molecular weight excluding hydrogens is 557 g/mol. The number of aliphatic hydroxyl groups excluding tert-OH is 1. The number of imidazole rings is 1. The van der Waals surface area contributed by atoms with Gasteiger partial charge in [-0.2, -0.15) is 9.97 Å². The largest absolute Gasteiger partial charge is 0.530 e. The van der Waals surface area contributed by atoms with E-state index in [9.17, 15) is 14.8 Å². The van der Waals surface area contributed by atoms with Crippen LogP contribution in [0.2, 0.25) is 0 Å². The predicted octanol–water partition coefficient (Wildman–Crippen LogP) is 2.84. The Morgan fingerprint density at radius 2 is 1.90 bits per heavy atom. The number of anilines is 1. The average Bonchev–Trinajstić information content (AvgIpc) is 3.47. The van der Waals surface area contributed by atoms with E-state index in [1.807, 2.05) is 30.3 Å². The highest BCUT2D eigenvalue weighted by atomic mass is 31.2. The average molecular weight is 590 g/mol. The van der Waals surface area contributed by atoms with Gasteiger partial charge in [0.25, 0.3) is 0 Å². The molecule has 2 aromatic heterocycles. The van der Waals surface area contributed by atoms with Crippen LogP contribution in [-0.4, -0.2) is 81.6 Å². The zero-order valence-corrected chi connectivity index (χ0v) is 23.6. The summed E-state index contributed by atoms with van der Waals surface area (Å²) in [6, 6.07) is 12.7. The van der Waals surface area contributed by atoms with Crippen molar-refractivity contribution >= 4 is 35.7 Å². The number of nitrogens with zero attached hydrogens (tertiary/aromatic N) is 4. The molecule has 0 saturated carbocycles. The van der Waals surface area contributed by atoms with Crippen LogP contribution in [0.3, 0.4) is 0 Å². The standard InChI is InChI=1S/C26H32N5O9P/c1-26(33)21(32)19(39-24(26)31-15-28-20-22(31)29-25(27)30-23(20)36-3)14-38-41(34,37-13-7-12-35-2)40-18-11-6-9-16-8-4-5-10-17(16)18/h4-6,8-11,15,19,21,24,32-33H,7,12-14H2,1-3H3,(H2,27,29,30)/t19-,21-,24?,26-,41?/m1/s1. The van der Waals surface area contributed by atoms with Crippen LogP contribution < -0.4 is 15.0 Å². The quantitative estimate of drug-likeness (QED) is 0.162. The number of aromatic nitrogens is 4. The highest BCUT2D eigenvalue weighted by Gasteiger charge is 2.54. The third-order valence-electron chi connectivity index (χ3n) is 6.71. The molecule has 41 heavy (non-hydrogen) atoms. The Morgan fingerprint density at radius 3 is 2.68 bits per heavy atom. The minimum absolute atomic E-state index is 0.0221. The van der Waals surface area contributed by atoms with Crippen molar-refractivity contribution in [2.75, 3.05) is 39.8 Å². The van der Waals surface area contributed by atoms with Crippen molar-refractivity contribution in [2.24, 2.45) is 0 Å². The topological polar surface area (TPSA) is 183 Å². The van der Waals surface area contributed by atoms with Crippen LogP contribution in [0.1, 0.15) is 19.6 Å². The van der Waals surface area contributed by atoms with Crippen molar-refractivity contribution in [3.63, 3.8) is 0 Å². The number of phosphoric acid groups is 1. The van der Waals surface area contributed by atoms with Crippen LogP contribution in [0.4, 0.5) is 5.95 Å². The molecule has 0 amide bonds. The number of hydrogen-bond acceptors (Lipinski definition) is 13. The number of methoxy groups -OCH3 is 2. The van der Waals surface area contributed by atoms with Crippen LogP contribution >= 0.6 is 7.82 Å². The number of nitrogens with two attached hydrogens (primary N) is 1. The molecule has 1 saturated heterocycles. The van der Waals surface area contributed by atoms with Crippen molar-refractivity contribution in [3.05, 3.63) is 48.8 Å². The summed E-state index contributed by atoms with van der Waals surface area (Å²) < 4.78 is 48.7. The molecule has 15 heteroatoms. The second-order valence-electron chi connectivity index (χ2n) is 9.60. The van der Waals surface area contributed by atoms with Crippen molar-refractivity contribution in [1.29, 1.82) is 0 Å². The Morgan fingerprint density at radius 1 is 1.12 bits per heavy atom. The molecule has 5 atom stereocenters. The van der Waals surface area contributed by atoms with Crippen LogP contribution in [0.5, 0.6) is 11.6 Å². The van der Waals surface area contributed by atoms with Crippen molar-refractivity contribution in [1.82, 2.24) is 19.5 Å². The van der Waals surface area contributed by atoms with Gasteiger partial charge in [0, 0.05) is 19.1 Å². The zero-order chi connectivity index (χ0) is 29.2. The highest BCUT2D eigenvalue weighted by Crippen LogP contribution is 2.52. The van der Waals surface area contributed by atoms with Gasteiger partial charge in [-0.05, 0) is 24.8 Å². The summed E-state index contributed by atoms with van der Waals surface area (Å²) in [6.45, 7) is 1.35. The van der Waals surface area contributed by atoms with Gasteiger partial charge in [-0.15, -0.1) is 0 Å². The van der Waals surface area contributed by atoms with Crippen LogP contribution in [0.25, 0.3) is 21.9 Å². The maximum Gasteiger partial charge on any atom is 0.530 e. The van der Waals surface area contributed by atoms with Gasteiger partial charge < -0.3 is 34.7 Å². The van der Waals surface area contributed by atoms with E-state index in [-0.39, 0.29) is 29.6 Å². The van der Waals surface area contributed by atoms with E-state index in [4.69, 9.17) is 33.5 Å². The minimum Gasteiger partial charge on any atom is -0.479 e. The molecule has 2 unspecified atom stereocenters. The Bertz CT molecular complexity index is 1560. The summed E-state index contributed by atoms with van der Waals surface area (Å²) >= 11 is 0. The molecule has 220 valence electrons. The number of phosphoric ester groups is 1. The Balaban J connectivity index is 1.38. The second-order valence-corrected chi connectivity index (χ2v) is 11.2. The molecule has 0 radical (unpaired) electrons. The van der Waals surface area contributed by atoms with E-state index in [1.165, 1.54) is 24.9 Å². The molecule has 1 aliphatic rings. The minimum atomic E-state index is -4.24. The third kappa shape index (κ3) is 5.86. The second kappa shape index (κ2) is 11.9. The molecule has 3 heterocycles. The highest BCUT2D eigenvalue weighted by molar-refractivity contribution is 7.49. The Kier molecular flexibility index (Phi) is 8.43. The van der Waals surface area contributed by atoms with Gasteiger partial charge >= 0.3 is 7.82 Å². The van der Waals surface area contributed by atoms with E-state index in [0.29, 0.717) is 24.2 Å². The van der Waals surface area contributed by atoms with Crippen LogP contribution in [0, 0.1) is 0 Å². The molecule has 0 spiro atoms. The van der Waals surface area contributed by atoms with Gasteiger partial charge in [-0.1, -0.05) is 36.4 Å². The Hall–Kier alpha value is -3.36. The van der Waals surface area contributed by atoms with Crippen LogP contribution in [0.15, 0.2) is 48.8 Å². The summed E-state index contributed by atoms with van der Waals surface area (Å²) in [5, 5.41) is 23.9. The summed E-state index contributed by atoms with van der Waals surface area (Å²) in [4.78, 5) is 12.5. The van der Waals surface area contributed by atoms with E-state index < -0.39 is 38.5 Å². The molecule has 1 aliphatic heterocycles. The van der Waals surface area contributed by atoms with Crippen LogP contribution in [-0.2, 0) is 23.1 Å². The van der Waals surface area contributed by atoms with E-state index in [0.717, 1.165) is 5.39 Å². The summed E-state index contributed by atoms with van der Waals surface area (Å²) in [6.07, 6.45) is -1.98. The van der Waals surface area contributed by atoms with Gasteiger partial charge in [0.1, 0.15) is 23.6 Å². The van der Waals surface area contributed by atoms with Crippen molar-refractivity contribution in [3.8, 4) is 11.6 Å². The first-order valence-corrected chi connectivity index (χ1v) is 14.3. The van der Waals surface area contributed by atoms with Crippen molar-refractivity contribution in [2.45, 2.75) is 37.4 Å². The number of aliphatic hydroxyl groups is 2. The summed E-state index contributed by atoms with van der Waals surface area (Å²) in [7, 11) is -1.29. The Labute approximate surface area is 235 Å². The maximum absolute atomic E-state index is 13.8.